The number of aromatic nitrogens is 2. The van der Waals surface area contributed by atoms with E-state index in [2.05, 4.69) is 10.2 Å². The van der Waals surface area contributed by atoms with Crippen LogP contribution in [-0.2, 0) is 6.54 Å². The van der Waals surface area contributed by atoms with Gasteiger partial charge in [-0.2, -0.15) is 5.10 Å². The van der Waals surface area contributed by atoms with E-state index in [-0.39, 0.29) is 5.91 Å². The first-order valence-electron chi connectivity index (χ1n) is 6.39. The minimum absolute atomic E-state index is 0.128. The van der Waals surface area contributed by atoms with Crippen molar-refractivity contribution in [2.45, 2.75) is 13.5 Å². The molecule has 3 rings (SSSR count). The van der Waals surface area contributed by atoms with Crippen molar-refractivity contribution < 1.29 is 9.21 Å². The Bertz CT molecular complexity index is 757. The molecule has 0 bridgehead atoms. The van der Waals surface area contributed by atoms with E-state index >= 15 is 0 Å². The lowest BCUT2D eigenvalue weighted by molar-refractivity contribution is 0.0771. The molecular formula is C15H15N3O2. The number of carbonyl (C=O) groups excluding carboxylic acids is 1. The van der Waals surface area contributed by atoms with Gasteiger partial charge in [-0.05, 0) is 25.1 Å². The van der Waals surface area contributed by atoms with E-state index in [1.807, 2.05) is 43.3 Å². The van der Waals surface area contributed by atoms with E-state index < -0.39 is 0 Å². The summed E-state index contributed by atoms with van der Waals surface area (Å²) in [7, 11) is 1.74. The molecule has 0 saturated carbocycles. The van der Waals surface area contributed by atoms with Crippen LogP contribution in [0.4, 0.5) is 0 Å². The van der Waals surface area contributed by atoms with Crippen molar-refractivity contribution in [3.05, 3.63) is 53.6 Å². The van der Waals surface area contributed by atoms with Gasteiger partial charge in [0.2, 0.25) is 0 Å². The van der Waals surface area contributed by atoms with Crippen molar-refractivity contribution in [1.82, 2.24) is 15.1 Å². The minimum Gasteiger partial charge on any atom is -0.464 e. The third kappa shape index (κ3) is 2.18. The summed E-state index contributed by atoms with van der Waals surface area (Å²) in [5.74, 6) is 1.47. The van der Waals surface area contributed by atoms with Gasteiger partial charge in [-0.25, -0.2) is 0 Å². The number of nitrogens with zero attached hydrogens (tertiary/aromatic N) is 2. The van der Waals surface area contributed by atoms with Gasteiger partial charge in [-0.15, -0.1) is 0 Å². The summed E-state index contributed by atoms with van der Waals surface area (Å²) in [6.07, 6.45) is 0. The largest absolute Gasteiger partial charge is 0.464 e. The van der Waals surface area contributed by atoms with Gasteiger partial charge in [0, 0.05) is 12.4 Å². The number of benzene rings is 1. The highest BCUT2D eigenvalue weighted by Gasteiger charge is 2.18. The van der Waals surface area contributed by atoms with Gasteiger partial charge >= 0.3 is 0 Å². The van der Waals surface area contributed by atoms with E-state index in [1.54, 1.807) is 11.9 Å². The average Bonchev–Trinajstić information content (AvgIpc) is 3.04. The maximum absolute atomic E-state index is 12.4. The first kappa shape index (κ1) is 12.5. The molecule has 0 radical (unpaired) electrons. The molecule has 0 spiro atoms. The van der Waals surface area contributed by atoms with Crippen molar-refractivity contribution in [2.24, 2.45) is 0 Å². The van der Waals surface area contributed by atoms with E-state index in [9.17, 15) is 4.79 Å². The number of furan rings is 1. The smallest absolute Gasteiger partial charge is 0.275 e. The van der Waals surface area contributed by atoms with E-state index in [1.165, 1.54) is 0 Å². The molecular weight excluding hydrogens is 254 g/mol. The Labute approximate surface area is 116 Å². The minimum atomic E-state index is -0.128. The SMILES string of the molecule is Cc1ccc(CN(C)C(=O)c2n[nH]c3ccccc23)o1. The highest BCUT2D eigenvalue weighted by atomic mass is 16.3. The Morgan fingerprint density at radius 1 is 1.30 bits per heavy atom. The molecule has 0 atom stereocenters. The number of nitrogens with one attached hydrogen (secondary N) is 1. The number of fused-ring (bicyclic) bond motifs is 1. The summed E-state index contributed by atoms with van der Waals surface area (Å²) in [6, 6.07) is 11.3. The lowest BCUT2D eigenvalue weighted by Gasteiger charge is -2.14. The predicted octanol–water partition coefficient (Wildman–Crippen LogP) is 2.74. The molecule has 102 valence electrons. The normalized spacial score (nSPS) is 10.9. The number of H-pyrrole nitrogens is 1. The topological polar surface area (TPSA) is 62.1 Å². The zero-order valence-electron chi connectivity index (χ0n) is 11.4. The van der Waals surface area contributed by atoms with Crippen LogP contribution in [0.2, 0.25) is 0 Å². The third-order valence-electron chi connectivity index (χ3n) is 3.21. The second-order valence-electron chi connectivity index (χ2n) is 4.79. The third-order valence-corrected chi connectivity index (χ3v) is 3.21. The number of amides is 1. The fourth-order valence-corrected chi connectivity index (χ4v) is 2.18. The molecule has 20 heavy (non-hydrogen) atoms. The number of aromatic amines is 1. The van der Waals surface area contributed by atoms with Crippen LogP contribution in [-0.4, -0.2) is 28.1 Å². The van der Waals surface area contributed by atoms with Crippen LogP contribution in [0, 0.1) is 6.92 Å². The number of aryl methyl sites for hydroxylation is 1. The highest BCUT2D eigenvalue weighted by molar-refractivity contribution is 6.04. The monoisotopic (exact) mass is 269 g/mol. The van der Waals surface area contributed by atoms with Gasteiger partial charge in [0.15, 0.2) is 5.69 Å². The molecule has 3 aromatic rings. The number of hydrogen-bond acceptors (Lipinski definition) is 3. The molecule has 5 heteroatoms. The lowest BCUT2D eigenvalue weighted by Crippen LogP contribution is -2.26. The van der Waals surface area contributed by atoms with Crippen LogP contribution in [0.3, 0.4) is 0 Å². The molecule has 0 aliphatic heterocycles. The second kappa shape index (κ2) is 4.85. The van der Waals surface area contributed by atoms with Crippen LogP contribution in [0.5, 0.6) is 0 Å². The zero-order chi connectivity index (χ0) is 14.1. The van der Waals surface area contributed by atoms with Gasteiger partial charge in [-0.3, -0.25) is 9.89 Å². The standard InChI is InChI=1S/C15H15N3O2/c1-10-7-8-11(20-10)9-18(2)15(19)14-12-5-3-4-6-13(12)16-17-14/h3-8H,9H2,1-2H3,(H,16,17). The van der Waals surface area contributed by atoms with Crippen LogP contribution < -0.4 is 0 Å². The molecule has 1 aromatic carbocycles. The molecule has 5 nitrogen and oxygen atoms in total. The summed E-state index contributed by atoms with van der Waals surface area (Å²) in [5.41, 5.74) is 1.30. The summed E-state index contributed by atoms with van der Waals surface area (Å²) in [4.78, 5) is 14.0. The Morgan fingerprint density at radius 3 is 2.85 bits per heavy atom. The fourth-order valence-electron chi connectivity index (χ4n) is 2.18. The molecule has 0 fully saturated rings. The van der Waals surface area contributed by atoms with E-state index in [0.717, 1.165) is 22.4 Å². The molecule has 1 N–H and O–H groups in total. The molecule has 0 unspecified atom stereocenters. The number of rotatable bonds is 3. The summed E-state index contributed by atoms with van der Waals surface area (Å²) >= 11 is 0. The van der Waals surface area contributed by atoms with Gasteiger partial charge in [0.25, 0.3) is 5.91 Å². The Kier molecular flexibility index (Phi) is 3.02. The molecule has 0 aliphatic carbocycles. The van der Waals surface area contributed by atoms with Crippen molar-refractivity contribution in [3.8, 4) is 0 Å². The molecule has 0 aliphatic rings. The van der Waals surface area contributed by atoms with Crippen molar-refractivity contribution >= 4 is 16.8 Å². The maximum Gasteiger partial charge on any atom is 0.275 e. The molecule has 0 saturated heterocycles. The first-order valence-corrected chi connectivity index (χ1v) is 6.39. The Balaban J connectivity index is 1.84. The highest BCUT2D eigenvalue weighted by Crippen LogP contribution is 2.17. The van der Waals surface area contributed by atoms with Crippen LogP contribution in [0.25, 0.3) is 10.9 Å². The second-order valence-corrected chi connectivity index (χ2v) is 4.79. The quantitative estimate of drug-likeness (QED) is 0.795. The van der Waals surface area contributed by atoms with Crippen molar-refractivity contribution in [2.75, 3.05) is 7.05 Å². The predicted molar refractivity (Wildman–Crippen MR) is 75.3 cm³/mol. The van der Waals surface area contributed by atoms with E-state index in [0.29, 0.717) is 12.2 Å². The summed E-state index contributed by atoms with van der Waals surface area (Å²) < 4.78 is 5.49. The number of carbonyl (C=O) groups is 1. The van der Waals surface area contributed by atoms with Gasteiger partial charge in [0.05, 0.1) is 12.1 Å². The summed E-state index contributed by atoms with van der Waals surface area (Å²) in [6.45, 7) is 2.31. The fraction of sp³-hybridized carbons (Fsp3) is 0.200. The Hall–Kier alpha value is -2.56. The van der Waals surface area contributed by atoms with Crippen LogP contribution in [0.1, 0.15) is 22.0 Å². The Morgan fingerprint density at radius 2 is 2.10 bits per heavy atom. The molecule has 2 aromatic heterocycles. The first-order chi connectivity index (χ1) is 9.65. The molecule has 2 heterocycles. The number of hydrogen-bond donors (Lipinski definition) is 1. The maximum atomic E-state index is 12.4. The van der Waals surface area contributed by atoms with Gasteiger partial charge in [0.1, 0.15) is 11.5 Å². The molecule has 1 amide bonds. The summed E-state index contributed by atoms with van der Waals surface area (Å²) in [5, 5.41) is 7.82. The van der Waals surface area contributed by atoms with Crippen molar-refractivity contribution in [1.29, 1.82) is 0 Å². The average molecular weight is 269 g/mol. The van der Waals surface area contributed by atoms with Crippen LogP contribution in [0.15, 0.2) is 40.8 Å². The lowest BCUT2D eigenvalue weighted by atomic mass is 10.2. The van der Waals surface area contributed by atoms with Gasteiger partial charge in [-0.1, -0.05) is 18.2 Å². The van der Waals surface area contributed by atoms with Crippen LogP contribution >= 0.6 is 0 Å². The van der Waals surface area contributed by atoms with Gasteiger partial charge < -0.3 is 9.32 Å². The van der Waals surface area contributed by atoms with Crippen molar-refractivity contribution in [3.63, 3.8) is 0 Å². The zero-order valence-corrected chi connectivity index (χ0v) is 11.4. The number of para-hydroxylation sites is 1. The van der Waals surface area contributed by atoms with E-state index in [4.69, 9.17) is 4.42 Å².